The molecule has 0 spiro atoms. The van der Waals surface area contributed by atoms with E-state index in [0.29, 0.717) is 17.9 Å². The molecular weight excluding hydrogens is 250 g/mol. The summed E-state index contributed by atoms with van der Waals surface area (Å²) in [7, 11) is 4.26. The molecule has 20 heavy (non-hydrogen) atoms. The molecule has 2 N–H and O–H groups in total. The van der Waals surface area contributed by atoms with Crippen molar-refractivity contribution in [1.29, 1.82) is 0 Å². The number of carbonyl (C=O) groups excluding carboxylic acids is 1. The Kier molecular flexibility index (Phi) is 5.85. The van der Waals surface area contributed by atoms with Gasteiger partial charge in [-0.05, 0) is 58.0 Å². The summed E-state index contributed by atoms with van der Waals surface area (Å²) in [6.45, 7) is 3.06. The fourth-order valence-corrected chi connectivity index (χ4v) is 3.78. The molecule has 0 aromatic rings. The Morgan fingerprint density at radius 2 is 1.85 bits per heavy atom. The molecule has 1 saturated heterocycles. The third-order valence-electron chi connectivity index (χ3n) is 4.88. The van der Waals surface area contributed by atoms with Gasteiger partial charge in [0.25, 0.3) is 0 Å². The third kappa shape index (κ3) is 4.74. The summed E-state index contributed by atoms with van der Waals surface area (Å²) < 4.78 is 0. The number of likely N-dealkylation sites (tertiary alicyclic amines) is 1. The molecule has 1 aliphatic carbocycles. The number of nitrogens with zero attached hydrogens (tertiary/aromatic N) is 2. The fraction of sp³-hybridized carbons (Fsp3) is 0.938. The van der Waals surface area contributed by atoms with E-state index in [9.17, 15) is 4.79 Å². The normalized spacial score (nSPS) is 28.9. The average molecular weight is 281 g/mol. The summed E-state index contributed by atoms with van der Waals surface area (Å²) in [4.78, 5) is 16.7. The van der Waals surface area contributed by atoms with Gasteiger partial charge in [0.1, 0.15) is 0 Å². The smallest absolute Gasteiger partial charge is 0.222 e. The van der Waals surface area contributed by atoms with Gasteiger partial charge in [-0.25, -0.2) is 0 Å². The van der Waals surface area contributed by atoms with E-state index in [1.54, 1.807) is 0 Å². The number of carbonyl (C=O) groups is 1. The van der Waals surface area contributed by atoms with Gasteiger partial charge in [0.15, 0.2) is 0 Å². The lowest BCUT2D eigenvalue weighted by molar-refractivity contribution is -0.133. The molecule has 2 aliphatic rings. The zero-order chi connectivity index (χ0) is 14.5. The van der Waals surface area contributed by atoms with Crippen molar-refractivity contribution in [2.75, 3.05) is 33.7 Å². The molecule has 1 heterocycles. The van der Waals surface area contributed by atoms with Crippen molar-refractivity contribution in [1.82, 2.24) is 9.80 Å². The minimum atomic E-state index is 0.326. The first-order chi connectivity index (χ1) is 9.54. The lowest BCUT2D eigenvalue weighted by Gasteiger charge is -2.35. The number of hydrogen-bond donors (Lipinski definition) is 1. The molecule has 1 aliphatic heterocycles. The lowest BCUT2D eigenvalue weighted by atomic mass is 9.83. The molecule has 2 unspecified atom stereocenters. The molecule has 0 aromatic carbocycles. The number of piperidine rings is 1. The van der Waals surface area contributed by atoms with Crippen LogP contribution in [0, 0.1) is 11.8 Å². The predicted molar refractivity (Wildman–Crippen MR) is 82.4 cm³/mol. The Morgan fingerprint density at radius 3 is 2.45 bits per heavy atom. The topological polar surface area (TPSA) is 49.6 Å². The van der Waals surface area contributed by atoms with E-state index in [1.807, 2.05) is 0 Å². The van der Waals surface area contributed by atoms with E-state index in [4.69, 9.17) is 5.73 Å². The summed E-state index contributed by atoms with van der Waals surface area (Å²) in [5.41, 5.74) is 6.01. The maximum absolute atomic E-state index is 12.4. The molecule has 2 fully saturated rings. The second-order valence-corrected chi connectivity index (χ2v) is 7.08. The van der Waals surface area contributed by atoms with Gasteiger partial charge in [-0.15, -0.1) is 0 Å². The van der Waals surface area contributed by atoms with Crippen molar-refractivity contribution >= 4 is 5.91 Å². The molecule has 0 bridgehead atoms. The second-order valence-electron chi connectivity index (χ2n) is 7.08. The standard InChI is InChI=1S/C16H31N3O/c1-18(2)12-13-6-8-19(9-7-13)16(20)11-14-4-3-5-15(17)10-14/h13-15H,3-12,17H2,1-2H3. The van der Waals surface area contributed by atoms with E-state index in [-0.39, 0.29) is 0 Å². The molecule has 116 valence electrons. The quantitative estimate of drug-likeness (QED) is 0.853. The molecule has 0 aromatic heterocycles. The highest BCUT2D eigenvalue weighted by atomic mass is 16.2. The van der Waals surface area contributed by atoms with Gasteiger partial charge in [-0.1, -0.05) is 6.42 Å². The van der Waals surface area contributed by atoms with Crippen molar-refractivity contribution in [3.63, 3.8) is 0 Å². The Labute approximate surface area is 123 Å². The zero-order valence-corrected chi connectivity index (χ0v) is 13.2. The maximum Gasteiger partial charge on any atom is 0.222 e. The van der Waals surface area contributed by atoms with Gasteiger partial charge >= 0.3 is 0 Å². The van der Waals surface area contributed by atoms with Crippen LogP contribution in [0.3, 0.4) is 0 Å². The predicted octanol–water partition coefficient (Wildman–Crippen LogP) is 1.69. The van der Waals surface area contributed by atoms with Crippen LogP contribution in [0.15, 0.2) is 0 Å². The van der Waals surface area contributed by atoms with E-state index in [2.05, 4.69) is 23.9 Å². The average Bonchev–Trinajstić information content (AvgIpc) is 2.38. The first kappa shape index (κ1) is 15.8. The van der Waals surface area contributed by atoms with Crippen LogP contribution < -0.4 is 5.73 Å². The van der Waals surface area contributed by atoms with E-state index >= 15 is 0 Å². The highest BCUT2D eigenvalue weighted by molar-refractivity contribution is 5.76. The molecule has 4 heteroatoms. The summed E-state index contributed by atoms with van der Waals surface area (Å²) in [5.74, 6) is 1.66. The molecule has 2 atom stereocenters. The molecule has 0 radical (unpaired) electrons. The van der Waals surface area contributed by atoms with E-state index < -0.39 is 0 Å². The lowest BCUT2D eigenvalue weighted by Crippen LogP contribution is -2.41. The SMILES string of the molecule is CN(C)CC1CCN(C(=O)CC2CCCC(N)C2)CC1. The first-order valence-electron chi connectivity index (χ1n) is 8.22. The summed E-state index contributed by atoms with van der Waals surface area (Å²) in [5, 5.41) is 0. The van der Waals surface area contributed by atoms with Gasteiger partial charge in [-0.3, -0.25) is 4.79 Å². The maximum atomic E-state index is 12.4. The second kappa shape index (κ2) is 7.41. The van der Waals surface area contributed by atoms with Crippen molar-refractivity contribution in [2.24, 2.45) is 17.6 Å². The molecule has 4 nitrogen and oxygen atoms in total. The van der Waals surface area contributed by atoms with Gasteiger partial charge < -0.3 is 15.5 Å². The van der Waals surface area contributed by atoms with E-state index in [1.165, 1.54) is 12.8 Å². The molecule has 1 amide bonds. The van der Waals surface area contributed by atoms with Crippen LogP contribution in [0.1, 0.15) is 44.9 Å². The van der Waals surface area contributed by atoms with Crippen molar-refractivity contribution in [3.8, 4) is 0 Å². The third-order valence-corrected chi connectivity index (χ3v) is 4.88. The van der Waals surface area contributed by atoms with Crippen molar-refractivity contribution < 1.29 is 4.79 Å². The van der Waals surface area contributed by atoms with Crippen LogP contribution in [-0.2, 0) is 4.79 Å². The highest BCUT2D eigenvalue weighted by Gasteiger charge is 2.27. The minimum absolute atomic E-state index is 0.326. The Hall–Kier alpha value is -0.610. The number of hydrogen-bond acceptors (Lipinski definition) is 3. The van der Waals surface area contributed by atoms with Crippen molar-refractivity contribution in [2.45, 2.75) is 51.0 Å². The summed E-state index contributed by atoms with van der Waals surface area (Å²) in [6.07, 6.45) is 7.62. The largest absolute Gasteiger partial charge is 0.343 e. The van der Waals surface area contributed by atoms with Crippen LogP contribution in [0.5, 0.6) is 0 Å². The Bertz CT molecular complexity index is 311. The first-order valence-corrected chi connectivity index (χ1v) is 8.22. The van der Waals surface area contributed by atoms with Crippen molar-refractivity contribution in [3.05, 3.63) is 0 Å². The Balaban J connectivity index is 1.71. The number of amides is 1. The summed E-state index contributed by atoms with van der Waals surface area (Å²) >= 11 is 0. The monoisotopic (exact) mass is 281 g/mol. The Morgan fingerprint density at radius 1 is 1.15 bits per heavy atom. The summed E-state index contributed by atoms with van der Waals surface area (Å²) in [6, 6.07) is 0.326. The molecular formula is C16H31N3O. The minimum Gasteiger partial charge on any atom is -0.343 e. The number of rotatable bonds is 4. The van der Waals surface area contributed by atoms with Gasteiger partial charge in [0, 0.05) is 32.1 Å². The highest BCUT2D eigenvalue weighted by Crippen LogP contribution is 2.27. The van der Waals surface area contributed by atoms with Crippen LogP contribution >= 0.6 is 0 Å². The van der Waals surface area contributed by atoms with Crippen LogP contribution in [0.2, 0.25) is 0 Å². The van der Waals surface area contributed by atoms with Crippen LogP contribution in [0.25, 0.3) is 0 Å². The molecule has 2 rings (SSSR count). The molecule has 1 saturated carbocycles. The van der Waals surface area contributed by atoms with E-state index in [0.717, 1.165) is 57.7 Å². The fourth-order valence-electron chi connectivity index (χ4n) is 3.78. The zero-order valence-electron chi connectivity index (χ0n) is 13.2. The van der Waals surface area contributed by atoms with Crippen LogP contribution in [0.4, 0.5) is 0 Å². The number of nitrogens with two attached hydrogens (primary N) is 1. The van der Waals surface area contributed by atoms with Crippen LogP contribution in [-0.4, -0.2) is 55.5 Å². The van der Waals surface area contributed by atoms with Gasteiger partial charge in [-0.2, -0.15) is 0 Å². The van der Waals surface area contributed by atoms with Gasteiger partial charge in [0.2, 0.25) is 5.91 Å². The van der Waals surface area contributed by atoms with Gasteiger partial charge in [0.05, 0.1) is 0 Å².